The Balaban J connectivity index is 0.991. The van der Waals surface area contributed by atoms with Crippen LogP contribution in [0.2, 0.25) is 0 Å². The van der Waals surface area contributed by atoms with Crippen LogP contribution in [0.1, 0.15) is 0 Å². The number of fused-ring (bicyclic) bond motifs is 8. The number of anilines is 3. The van der Waals surface area contributed by atoms with Gasteiger partial charge in [0.15, 0.2) is 0 Å². The summed E-state index contributed by atoms with van der Waals surface area (Å²) in [5.74, 6) is 0. The van der Waals surface area contributed by atoms with Crippen LogP contribution < -0.4 is 4.90 Å². The van der Waals surface area contributed by atoms with E-state index in [1.807, 2.05) is 11.3 Å². The predicted molar refractivity (Wildman–Crippen MR) is 262 cm³/mol. The summed E-state index contributed by atoms with van der Waals surface area (Å²) >= 11 is 1.86. The van der Waals surface area contributed by atoms with E-state index < -0.39 is 0 Å². The van der Waals surface area contributed by atoms with Gasteiger partial charge in [0, 0.05) is 48.0 Å². The second-order valence-corrected chi connectivity index (χ2v) is 16.8. The molecule has 3 heteroatoms. The van der Waals surface area contributed by atoms with Gasteiger partial charge in [-0.2, -0.15) is 0 Å². The molecule has 0 fully saturated rings. The van der Waals surface area contributed by atoms with Gasteiger partial charge in [-0.15, -0.1) is 11.3 Å². The first-order valence-electron chi connectivity index (χ1n) is 20.8. The first kappa shape index (κ1) is 35.2. The maximum Gasteiger partial charge on any atom is 0.0554 e. The zero-order valence-corrected chi connectivity index (χ0v) is 34.1. The maximum atomic E-state index is 2.46. The third kappa shape index (κ3) is 6.01. The molecule has 0 saturated heterocycles. The highest BCUT2D eigenvalue weighted by atomic mass is 32.1. The molecule has 0 atom stereocenters. The summed E-state index contributed by atoms with van der Waals surface area (Å²) in [5.41, 5.74) is 14.0. The van der Waals surface area contributed by atoms with Gasteiger partial charge in [0.2, 0.25) is 0 Å². The summed E-state index contributed by atoms with van der Waals surface area (Å²) in [6, 6.07) is 84.2. The topological polar surface area (TPSA) is 8.17 Å². The standard InChI is InChI=1S/C58H38N2S/c1-3-14-39(15-4-1)44-36-45(40-16-5-2-6-17-40)38-48(37-44)59(53-23-13-25-56-58(53)51-21-10-12-24-55(51)61-56)46-31-26-41(27-32-46)42-28-33-47(34-29-42)60-52-22-11-9-20-50(52)57-49-19-8-7-18-43(49)30-35-54(57)60/h1-38H. The third-order valence-corrected chi connectivity index (χ3v) is 13.3. The van der Waals surface area contributed by atoms with Crippen LogP contribution in [0, 0.1) is 0 Å². The molecule has 0 amide bonds. The minimum absolute atomic E-state index is 1.10. The Morgan fingerprint density at radius 3 is 1.62 bits per heavy atom. The molecule has 0 spiro atoms. The second kappa shape index (κ2) is 14.5. The lowest BCUT2D eigenvalue weighted by Gasteiger charge is -2.28. The van der Waals surface area contributed by atoms with Gasteiger partial charge in [-0.25, -0.2) is 0 Å². The van der Waals surface area contributed by atoms with Crippen LogP contribution in [-0.4, -0.2) is 4.57 Å². The second-order valence-electron chi connectivity index (χ2n) is 15.7. The average molecular weight is 795 g/mol. The number of rotatable bonds is 7. The molecule has 0 N–H and O–H groups in total. The quantitative estimate of drug-likeness (QED) is 0.156. The average Bonchev–Trinajstić information content (AvgIpc) is 3.89. The van der Waals surface area contributed by atoms with E-state index in [0.717, 1.165) is 22.7 Å². The Kier molecular flexibility index (Phi) is 8.39. The highest BCUT2D eigenvalue weighted by Gasteiger charge is 2.21. The molecule has 0 bridgehead atoms. The van der Waals surface area contributed by atoms with Crippen LogP contribution in [0.15, 0.2) is 231 Å². The van der Waals surface area contributed by atoms with Gasteiger partial charge in [0.25, 0.3) is 0 Å². The van der Waals surface area contributed by atoms with Crippen molar-refractivity contribution in [1.82, 2.24) is 4.57 Å². The summed E-state index contributed by atoms with van der Waals surface area (Å²) in [4.78, 5) is 2.46. The molecule has 61 heavy (non-hydrogen) atoms. The molecule has 2 aromatic heterocycles. The summed E-state index contributed by atoms with van der Waals surface area (Å²) in [5, 5.41) is 7.67. The Morgan fingerprint density at radius 1 is 0.328 bits per heavy atom. The van der Waals surface area contributed by atoms with Gasteiger partial charge in [-0.1, -0.05) is 158 Å². The number of hydrogen-bond acceptors (Lipinski definition) is 2. The predicted octanol–water partition coefficient (Wildman–Crippen LogP) is 16.8. The lowest BCUT2D eigenvalue weighted by atomic mass is 9.97. The Bertz CT molecular complexity index is 3510. The Hall–Kier alpha value is -7.72. The minimum atomic E-state index is 1.10. The number of hydrogen-bond donors (Lipinski definition) is 0. The van der Waals surface area contributed by atoms with Crippen molar-refractivity contribution in [2.45, 2.75) is 0 Å². The van der Waals surface area contributed by atoms with Gasteiger partial charge in [-0.05, 0) is 117 Å². The summed E-state index contributed by atoms with van der Waals surface area (Å²) in [6.07, 6.45) is 0. The fourth-order valence-electron chi connectivity index (χ4n) is 9.33. The normalized spacial score (nSPS) is 11.6. The van der Waals surface area contributed by atoms with Crippen LogP contribution >= 0.6 is 11.3 Å². The van der Waals surface area contributed by atoms with Crippen molar-refractivity contribution in [2.24, 2.45) is 0 Å². The SMILES string of the molecule is c1ccc(-c2cc(-c3ccccc3)cc(N(c3ccc(-c4ccc(-n5c6ccccc6c6c7ccccc7ccc65)cc4)cc3)c3cccc4sc5ccccc5c34)c2)cc1. The largest absolute Gasteiger partial charge is 0.310 e. The molecule has 0 unspecified atom stereocenters. The van der Waals surface area contributed by atoms with E-state index in [1.165, 1.54) is 86.1 Å². The first-order valence-corrected chi connectivity index (χ1v) is 21.6. The molecule has 2 nitrogen and oxygen atoms in total. The van der Waals surface area contributed by atoms with E-state index in [2.05, 4.69) is 240 Å². The summed E-state index contributed by atoms with van der Waals surface area (Å²) in [6.45, 7) is 0. The number of nitrogens with zero attached hydrogens (tertiary/aromatic N) is 2. The fourth-order valence-corrected chi connectivity index (χ4v) is 10.5. The molecule has 286 valence electrons. The van der Waals surface area contributed by atoms with Crippen LogP contribution in [-0.2, 0) is 0 Å². The Labute approximate surface area is 358 Å². The lowest BCUT2D eigenvalue weighted by Crippen LogP contribution is -2.10. The molecule has 2 heterocycles. The van der Waals surface area contributed by atoms with Gasteiger partial charge >= 0.3 is 0 Å². The number of para-hydroxylation sites is 1. The van der Waals surface area contributed by atoms with E-state index >= 15 is 0 Å². The molecule has 0 aliphatic rings. The van der Waals surface area contributed by atoms with Gasteiger partial charge in [0.1, 0.15) is 0 Å². The van der Waals surface area contributed by atoms with Crippen molar-refractivity contribution in [3.8, 4) is 39.1 Å². The fraction of sp³-hybridized carbons (Fsp3) is 0. The van der Waals surface area contributed by atoms with E-state index in [9.17, 15) is 0 Å². The van der Waals surface area contributed by atoms with Gasteiger partial charge < -0.3 is 9.47 Å². The highest BCUT2D eigenvalue weighted by Crippen LogP contribution is 2.47. The molecule has 0 aliphatic carbocycles. The van der Waals surface area contributed by atoms with Crippen molar-refractivity contribution >= 4 is 81.1 Å². The van der Waals surface area contributed by atoms with Crippen LogP contribution in [0.5, 0.6) is 0 Å². The number of benzene rings is 10. The van der Waals surface area contributed by atoms with Crippen LogP contribution in [0.25, 0.3) is 91.8 Å². The Morgan fingerprint density at radius 2 is 0.902 bits per heavy atom. The molecule has 0 aliphatic heterocycles. The number of aromatic nitrogens is 1. The zero-order chi connectivity index (χ0) is 40.3. The smallest absolute Gasteiger partial charge is 0.0554 e. The van der Waals surface area contributed by atoms with E-state index in [1.54, 1.807) is 0 Å². The van der Waals surface area contributed by atoms with E-state index in [-0.39, 0.29) is 0 Å². The lowest BCUT2D eigenvalue weighted by molar-refractivity contribution is 1.18. The van der Waals surface area contributed by atoms with E-state index in [0.29, 0.717) is 0 Å². The van der Waals surface area contributed by atoms with Crippen molar-refractivity contribution in [3.63, 3.8) is 0 Å². The van der Waals surface area contributed by atoms with Crippen LogP contribution in [0.4, 0.5) is 17.1 Å². The first-order chi connectivity index (χ1) is 30.2. The summed E-state index contributed by atoms with van der Waals surface area (Å²) < 4.78 is 4.98. The zero-order valence-electron chi connectivity index (χ0n) is 33.2. The van der Waals surface area contributed by atoms with E-state index in [4.69, 9.17) is 0 Å². The number of thiophene rings is 1. The molecular weight excluding hydrogens is 757 g/mol. The highest BCUT2D eigenvalue weighted by molar-refractivity contribution is 7.26. The van der Waals surface area contributed by atoms with Crippen molar-refractivity contribution in [2.75, 3.05) is 4.90 Å². The third-order valence-electron chi connectivity index (χ3n) is 12.2. The molecular formula is C58H38N2S. The van der Waals surface area contributed by atoms with Crippen molar-refractivity contribution < 1.29 is 0 Å². The van der Waals surface area contributed by atoms with Crippen molar-refractivity contribution in [1.29, 1.82) is 0 Å². The minimum Gasteiger partial charge on any atom is -0.310 e. The monoisotopic (exact) mass is 794 g/mol. The van der Waals surface area contributed by atoms with Crippen LogP contribution in [0.3, 0.4) is 0 Å². The molecule has 0 radical (unpaired) electrons. The van der Waals surface area contributed by atoms with Gasteiger partial charge in [0.05, 0.1) is 16.7 Å². The maximum absolute atomic E-state index is 2.46. The summed E-state index contributed by atoms with van der Waals surface area (Å²) in [7, 11) is 0. The molecule has 0 saturated carbocycles. The van der Waals surface area contributed by atoms with Crippen molar-refractivity contribution in [3.05, 3.63) is 231 Å². The molecule has 12 rings (SSSR count). The molecule has 12 aromatic rings. The molecule has 10 aromatic carbocycles. The van der Waals surface area contributed by atoms with Gasteiger partial charge in [-0.3, -0.25) is 0 Å².